The molecule has 1 fully saturated rings. The number of carbonyl (C=O) groups is 1. The van der Waals surface area contributed by atoms with Crippen LogP contribution in [0.4, 0.5) is 8.78 Å². The topological polar surface area (TPSA) is 45.2 Å². The van der Waals surface area contributed by atoms with Gasteiger partial charge in [0.15, 0.2) is 17.3 Å². The smallest absolute Gasteiger partial charge is 0.276 e. The zero-order valence-corrected chi connectivity index (χ0v) is 13.2. The van der Waals surface area contributed by atoms with Crippen LogP contribution in [0, 0.1) is 11.6 Å². The minimum absolute atomic E-state index is 0.0246. The highest BCUT2D eigenvalue weighted by molar-refractivity contribution is 5.92. The summed E-state index contributed by atoms with van der Waals surface area (Å²) in [5.41, 5.74) is 0.491. The molecule has 0 saturated carbocycles. The molecule has 2 heterocycles. The van der Waals surface area contributed by atoms with Crippen molar-refractivity contribution < 1.29 is 13.6 Å². The Balaban J connectivity index is 1.90. The number of piperidine rings is 1. The molecular weight excluding hydrogens is 312 g/mol. The summed E-state index contributed by atoms with van der Waals surface area (Å²) >= 11 is 0. The number of aromatic nitrogens is 1. The summed E-state index contributed by atoms with van der Waals surface area (Å²) < 4.78 is 27.5. The third-order valence-electron chi connectivity index (χ3n) is 4.25. The van der Waals surface area contributed by atoms with E-state index in [0.717, 1.165) is 43.8 Å². The quantitative estimate of drug-likeness (QED) is 0.937. The number of benzene rings is 1. The molecule has 1 aromatic carbocycles. The third kappa shape index (κ3) is 3.59. The molecule has 1 aliphatic rings. The summed E-state index contributed by atoms with van der Waals surface area (Å²) in [7, 11) is 0. The van der Waals surface area contributed by atoms with Crippen LogP contribution in [0.15, 0.2) is 42.6 Å². The summed E-state index contributed by atoms with van der Waals surface area (Å²) in [6.07, 6.45) is 2.67. The number of pyridine rings is 1. The molecule has 1 amide bonds. The minimum atomic E-state index is -1.19. The van der Waals surface area contributed by atoms with Crippen LogP contribution >= 0.6 is 0 Å². The molecule has 1 saturated heterocycles. The zero-order valence-electron chi connectivity index (χ0n) is 13.2. The van der Waals surface area contributed by atoms with Gasteiger partial charge in [0.2, 0.25) is 0 Å². The van der Waals surface area contributed by atoms with Crippen molar-refractivity contribution in [2.24, 2.45) is 0 Å². The van der Waals surface area contributed by atoms with E-state index in [9.17, 15) is 13.6 Å². The van der Waals surface area contributed by atoms with Gasteiger partial charge in [-0.2, -0.15) is 0 Å². The van der Waals surface area contributed by atoms with Crippen molar-refractivity contribution in [3.8, 4) is 0 Å². The van der Waals surface area contributed by atoms with Gasteiger partial charge in [0.05, 0.1) is 0 Å². The van der Waals surface area contributed by atoms with Gasteiger partial charge < -0.3 is 10.2 Å². The maximum absolute atomic E-state index is 14.0. The van der Waals surface area contributed by atoms with Gasteiger partial charge in [0, 0.05) is 18.8 Å². The molecule has 0 bridgehead atoms. The van der Waals surface area contributed by atoms with Crippen LogP contribution in [0.25, 0.3) is 0 Å². The van der Waals surface area contributed by atoms with Crippen molar-refractivity contribution in [3.63, 3.8) is 0 Å². The molecule has 24 heavy (non-hydrogen) atoms. The standard InChI is InChI=1S/C18H19F2N3O/c19-15-8-11-22-17(16(15)20)18(24)23(14-6-9-21-10-7-14)12-13-4-2-1-3-5-13/h1-5,8,11,14,21H,6-7,9-10,12H2. The van der Waals surface area contributed by atoms with Crippen molar-refractivity contribution in [1.29, 1.82) is 0 Å². The maximum Gasteiger partial charge on any atom is 0.276 e. The third-order valence-corrected chi connectivity index (χ3v) is 4.25. The number of halogens is 2. The molecule has 0 atom stereocenters. The van der Waals surface area contributed by atoms with Crippen LogP contribution in [-0.2, 0) is 6.54 Å². The molecule has 1 aliphatic heterocycles. The van der Waals surface area contributed by atoms with Gasteiger partial charge in [-0.3, -0.25) is 4.79 Å². The molecule has 6 heteroatoms. The minimum Gasteiger partial charge on any atom is -0.330 e. The predicted molar refractivity (Wildman–Crippen MR) is 86.4 cm³/mol. The summed E-state index contributed by atoms with van der Waals surface area (Å²) in [5.74, 6) is -2.81. The molecule has 126 valence electrons. The summed E-state index contributed by atoms with van der Waals surface area (Å²) in [5, 5.41) is 3.24. The Bertz CT molecular complexity index is 703. The van der Waals surface area contributed by atoms with Crippen molar-refractivity contribution in [3.05, 3.63) is 65.5 Å². The molecule has 1 N–H and O–H groups in total. The zero-order chi connectivity index (χ0) is 16.9. The fourth-order valence-electron chi connectivity index (χ4n) is 2.97. The molecule has 0 radical (unpaired) electrons. The van der Waals surface area contributed by atoms with E-state index < -0.39 is 23.2 Å². The van der Waals surface area contributed by atoms with Crippen LogP contribution in [0.5, 0.6) is 0 Å². The van der Waals surface area contributed by atoms with E-state index in [0.29, 0.717) is 6.54 Å². The molecule has 2 aromatic rings. The first-order chi connectivity index (χ1) is 11.7. The average Bonchev–Trinajstić information content (AvgIpc) is 2.63. The first-order valence-electron chi connectivity index (χ1n) is 8.02. The number of carbonyl (C=O) groups excluding carboxylic acids is 1. The summed E-state index contributed by atoms with van der Waals surface area (Å²) in [4.78, 5) is 18.2. The number of nitrogens with zero attached hydrogens (tertiary/aromatic N) is 2. The van der Waals surface area contributed by atoms with E-state index in [2.05, 4.69) is 10.3 Å². The van der Waals surface area contributed by atoms with Crippen LogP contribution in [0.3, 0.4) is 0 Å². The van der Waals surface area contributed by atoms with Gasteiger partial charge >= 0.3 is 0 Å². The fourth-order valence-corrected chi connectivity index (χ4v) is 2.97. The molecule has 1 aromatic heterocycles. The van der Waals surface area contributed by atoms with E-state index in [-0.39, 0.29) is 6.04 Å². The summed E-state index contributed by atoms with van der Waals surface area (Å²) in [6.45, 7) is 1.94. The van der Waals surface area contributed by atoms with Crippen molar-refractivity contribution in [1.82, 2.24) is 15.2 Å². The maximum atomic E-state index is 14.0. The fraction of sp³-hybridized carbons (Fsp3) is 0.333. The van der Waals surface area contributed by atoms with Crippen LogP contribution < -0.4 is 5.32 Å². The van der Waals surface area contributed by atoms with E-state index in [4.69, 9.17) is 0 Å². The van der Waals surface area contributed by atoms with Gasteiger partial charge in [-0.25, -0.2) is 13.8 Å². The van der Waals surface area contributed by atoms with E-state index in [1.807, 2.05) is 30.3 Å². The molecule has 0 spiro atoms. The normalized spacial score (nSPS) is 15.2. The second-order valence-corrected chi connectivity index (χ2v) is 5.86. The number of nitrogens with one attached hydrogen (secondary N) is 1. The lowest BCUT2D eigenvalue weighted by atomic mass is 10.0. The number of hydrogen-bond donors (Lipinski definition) is 1. The lowest BCUT2D eigenvalue weighted by Crippen LogP contribution is -2.46. The molecule has 4 nitrogen and oxygen atoms in total. The molecule has 3 rings (SSSR count). The van der Waals surface area contributed by atoms with Gasteiger partial charge in [-0.1, -0.05) is 30.3 Å². The Morgan fingerprint density at radius 2 is 1.88 bits per heavy atom. The first kappa shape index (κ1) is 16.5. The van der Waals surface area contributed by atoms with Crippen molar-refractivity contribution in [2.45, 2.75) is 25.4 Å². The summed E-state index contributed by atoms with van der Waals surface area (Å²) in [6, 6.07) is 10.4. The van der Waals surface area contributed by atoms with Crippen LogP contribution in [0.1, 0.15) is 28.9 Å². The monoisotopic (exact) mass is 331 g/mol. The predicted octanol–water partition coefficient (Wildman–Crippen LogP) is 2.75. The second kappa shape index (κ2) is 7.49. The first-order valence-corrected chi connectivity index (χ1v) is 8.02. The Hall–Kier alpha value is -2.34. The number of rotatable bonds is 4. The molecule has 0 aliphatic carbocycles. The average molecular weight is 331 g/mol. The number of hydrogen-bond acceptors (Lipinski definition) is 3. The number of amides is 1. The largest absolute Gasteiger partial charge is 0.330 e. The van der Waals surface area contributed by atoms with Crippen molar-refractivity contribution in [2.75, 3.05) is 13.1 Å². The molecular formula is C18H19F2N3O. The Kier molecular flexibility index (Phi) is 5.15. The highest BCUT2D eigenvalue weighted by Crippen LogP contribution is 2.20. The lowest BCUT2D eigenvalue weighted by Gasteiger charge is -2.34. The van der Waals surface area contributed by atoms with Gasteiger partial charge in [0.1, 0.15) is 0 Å². The second-order valence-electron chi connectivity index (χ2n) is 5.86. The Morgan fingerprint density at radius 1 is 1.17 bits per heavy atom. The Morgan fingerprint density at radius 3 is 2.58 bits per heavy atom. The Labute approximate surface area is 139 Å². The van der Waals surface area contributed by atoms with E-state index >= 15 is 0 Å². The van der Waals surface area contributed by atoms with Crippen LogP contribution in [-0.4, -0.2) is 34.9 Å². The lowest BCUT2D eigenvalue weighted by molar-refractivity contribution is 0.0610. The van der Waals surface area contributed by atoms with Gasteiger partial charge in [-0.05, 0) is 37.6 Å². The SMILES string of the molecule is O=C(c1nccc(F)c1F)N(Cc1ccccc1)C1CCNCC1. The van der Waals surface area contributed by atoms with Crippen molar-refractivity contribution >= 4 is 5.91 Å². The van der Waals surface area contributed by atoms with E-state index in [1.54, 1.807) is 4.90 Å². The van der Waals surface area contributed by atoms with Gasteiger partial charge in [-0.15, -0.1) is 0 Å². The highest BCUT2D eigenvalue weighted by Gasteiger charge is 2.29. The van der Waals surface area contributed by atoms with E-state index in [1.165, 1.54) is 0 Å². The highest BCUT2D eigenvalue weighted by atomic mass is 19.2. The van der Waals surface area contributed by atoms with Crippen LogP contribution in [0.2, 0.25) is 0 Å². The van der Waals surface area contributed by atoms with Gasteiger partial charge in [0.25, 0.3) is 5.91 Å². The molecule has 0 unspecified atom stereocenters.